The molecule has 3 nitrogen and oxygen atoms in total. The van der Waals surface area contributed by atoms with Crippen molar-refractivity contribution in [1.82, 2.24) is 9.80 Å². The van der Waals surface area contributed by atoms with Crippen LogP contribution in [-0.2, 0) is 0 Å². The molecular formula is C14H29N3. The van der Waals surface area contributed by atoms with Gasteiger partial charge in [0.15, 0.2) is 0 Å². The lowest BCUT2D eigenvalue weighted by molar-refractivity contribution is 0.0403. The van der Waals surface area contributed by atoms with Crippen molar-refractivity contribution in [1.29, 1.82) is 0 Å². The number of rotatable bonds is 4. The van der Waals surface area contributed by atoms with Gasteiger partial charge in [-0.1, -0.05) is 13.8 Å². The molecule has 2 N–H and O–H groups in total. The molecule has 0 radical (unpaired) electrons. The third-order valence-corrected chi connectivity index (χ3v) is 4.53. The highest BCUT2D eigenvalue weighted by Gasteiger charge is 2.43. The van der Waals surface area contributed by atoms with Crippen molar-refractivity contribution in [3.63, 3.8) is 0 Å². The molecule has 3 heteroatoms. The Hall–Kier alpha value is -0.120. The fourth-order valence-electron chi connectivity index (χ4n) is 3.82. The molecule has 2 rings (SSSR count). The zero-order valence-electron chi connectivity index (χ0n) is 11.9. The summed E-state index contributed by atoms with van der Waals surface area (Å²) in [7, 11) is 4.37. The first kappa shape index (κ1) is 13.3. The minimum atomic E-state index is 0.455. The molecule has 2 aliphatic heterocycles. The SMILES string of the molecule is CC(C)C(CN(C)C)N1C2CCC1CC(N)C2. The van der Waals surface area contributed by atoms with Gasteiger partial charge in [-0.3, -0.25) is 4.90 Å². The van der Waals surface area contributed by atoms with E-state index in [1.807, 2.05) is 0 Å². The van der Waals surface area contributed by atoms with Gasteiger partial charge in [0.05, 0.1) is 0 Å². The highest BCUT2D eigenvalue weighted by atomic mass is 15.3. The van der Waals surface area contributed by atoms with Gasteiger partial charge in [0.25, 0.3) is 0 Å². The third kappa shape index (κ3) is 2.83. The van der Waals surface area contributed by atoms with Crippen LogP contribution >= 0.6 is 0 Å². The summed E-state index contributed by atoms with van der Waals surface area (Å²) in [4.78, 5) is 5.15. The fraction of sp³-hybridized carbons (Fsp3) is 1.00. The second-order valence-corrected chi connectivity index (χ2v) is 6.64. The summed E-state index contributed by atoms with van der Waals surface area (Å²) >= 11 is 0. The van der Waals surface area contributed by atoms with Crippen LogP contribution in [0.5, 0.6) is 0 Å². The second-order valence-electron chi connectivity index (χ2n) is 6.64. The van der Waals surface area contributed by atoms with Gasteiger partial charge in [0.1, 0.15) is 0 Å². The van der Waals surface area contributed by atoms with Crippen molar-refractivity contribution in [2.24, 2.45) is 11.7 Å². The number of nitrogens with two attached hydrogens (primary N) is 1. The van der Waals surface area contributed by atoms with Gasteiger partial charge in [-0.15, -0.1) is 0 Å². The topological polar surface area (TPSA) is 32.5 Å². The molecule has 0 aliphatic carbocycles. The van der Waals surface area contributed by atoms with E-state index < -0.39 is 0 Å². The monoisotopic (exact) mass is 239 g/mol. The van der Waals surface area contributed by atoms with E-state index in [0.717, 1.165) is 18.0 Å². The highest BCUT2D eigenvalue weighted by molar-refractivity contribution is 5.00. The van der Waals surface area contributed by atoms with E-state index >= 15 is 0 Å². The number of likely N-dealkylation sites (N-methyl/N-ethyl adjacent to an activating group) is 1. The van der Waals surface area contributed by atoms with Gasteiger partial charge in [-0.25, -0.2) is 0 Å². The normalized spacial score (nSPS) is 35.8. The molecule has 2 saturated heterocycles. The predicted octanol–water partition coefficient (Wildman–Crippen LogP) is 1.53. The summed E-state index contributed by atoms with van der Waals surface area (Å²) in [6.45, 7) is 5.91. The lowest BCUT2D eigenvalue weighted by atomic mass is 9.92. The molecule has 2 fully saturated rings. The molecule has 2 bridgehead atoms. The minimum Gasteiger partial charge on any atom is -0.328 e. The molecule has 2 heterocycles. The van der Waals surface area contributed by atoms with Crippen LogP contribution in [0.15, 0.2) is 0 Å². The first-order chi connectivity index (χ1) is 7.99. The molecule has 0 aromatic rings. The maximum Gasteiger partial charge on any atom is 0.0251 e. The standard InChI is InChI=1S/C14H29N3/c1-10(2)14(9-16(3)4)17-12-5-6-13(17)8-11(15)7-12/h10-14H,5-9,15H2,1-4H3. The number of fused-ring (bicyclic) bond motifs is 2. The first-order valence-electron chi connectivity index (χ1n) is 7.16. The average molecular weight is 239 g/mol. The van der Waals surface area contributed by atoms with Crippen molar-refractivity contribution in [3.05, 3.63) is 0 Å². The Labute approximate surface area is 106 Å². The van der Waals surface area contributed by atoms with Crippen molar-refractivity contribution < 1.29 is 0 Å². The van der Waals surface area contributed by atoms with E-state index in [4.69, 9.17) is 5.73 Å². The van der Waals surface area contributed by atoms with E-state index in [9.17, 15) is 0 Å². The number of hydrogen-bond donors (Lipinski definition) is 1. The van der Waals surface area contributed by atoms with Gasteiger partial charge in [0, 0.05) is 30.7 Å². The maximum absolute atomic E-state index is 6.16. The van der Waals surface area contributed by atoms with Crippen LogP contribution in [0.25, 0.3) is 0 Å². The Morgan fingerprint density at radius 3 is 2.12 bits per heavy atom. The van der Waals surface area contributed by atoms with Crippen molar-refractivity contribution in [3.8, 4) is 0 Å². The number of hydrogen-bond acceptors (Lipinski definition) is 3. The Bertz CT molecular complexity index is 238. The minimum absolute atomic E-state index is 0.455. The smallest absolute Gasteiger partial charge is 0.0251 e. The summed E-state index contributed by atoms with van der Waals surface area (Å²) in [5.74, 6) is 0.731. The van der Waals surface area contributed by atoms with Crippen LogP contribution in [-0.4, -0.2) is 54.6 Å². The highest BCUT2D eigenvalue weighted by Crippen LogP contribution is 2.38. The second kappa shape index (κ2) is 5.25. The van der Waals surface area contributed by atoms with Crippen LogP contribution in [0.2, 0.25) is 0 Å². The molecule has 17 heavy (non-hydrogen) atoms. The molecule has 3 atom stereocenters. The van der Waals surface area contributed by atoms with Crippen molar-refractivity contribution in [2.45, 2.75) is 63.7 Å². The van der Waals surface area contributed by atoms with E-state index in [1.165, 1.54) is 32.2 Å². The van der Waals surface area contributed by atoms with Gasteiger partial charge < -0.3 is 10.6 Å². The van der Waals surface area contributed by atoms with E-state index in [0.29, 0.717) is 12.1 Å². The Morgan fingerprint density at radius 2 is 1.71 bits per heavy atom. The van der Waals surface area contributed by atoms with Crippen LogP contribution < -0.4 is 5.73 Å². The molecule has 0 spiro atoms. The zero-order valence-corrected chi connectivity index (χ0v) is 11.9. The summed E-state index contributed by atoms with van der Waals surface area (Å²) in [6, 6.07) is 2.68. The molecule has 0 saturated carbocycles. The lowest BCUT2D eigenvalue weighted by Gasteiger charge is -2.45. The predicted molar refractivity (Wildman–Crippen MR) is 73.0 cm³/mol. The lowest BCUT2D eigenvalue weighted by Crippen LogP contribution is -2.56. The maximum atomic E-state index is 6.16. The fourth-order valence-corrected chi connectivity index (χ4v) is 3.82. The van der Waals surface area contributed by atoms with Crippen LogP contribution in [0.1, 0.15) is 39.5 Å². The summed E-state index contributed by atoms with van der Waals surface area (Å²) in [5, 5.41) is 0. The molecule has 0 amide bonds. The van der Waals surface area contributed by atoms with Crippen LogP contribution in [0, 0.1) is 5.92 Å². The molecule has 2 aliphatic rings. The molecule has 100 valence electrons. The number of piperidine rings is 1. The Balaban J connectivity index is 2.09. The molecular weight excluding hydrogens is 210 g/mol. The Morgan fingerprint density at radius 1 is 1.18 bits per heavy atom. The quantitative estimate of drug-likeness (QED) is 0.807. The Kier molecular flexibility index (Phi) is 4.11. The van der Waals surface area contributed by atoms with Gasteiger partial charge >= 0.3 is 0 Å². The zero-order chi connectivity index (χ0) is 12.6. The van der Waals surface area contributed by atoms with Gasteiger partial charge in [0.2, 0.25) is 0 Å². The first-order valence-corrected chi connectivity index (χ1v) is 7.16. The van der Waals surface area contributed by atoms with E-state index in [1.54, 1.807) is 0 Å². The third-order valence-electron chi connectivity index (χ3n) is 4.53. The van der Waals surface area contributed by atoms with E-state index in [-0.39, 0.29) is 0 Å². The number of nitrogens with zero attached hydrogens (tertiary/aromatic N) is 2. The largest absolute Gasteiger partial charge is 0.328 e. The average Bonchev–Trinajstić information content (AvgIpc) is 2.46. The van der Waals surface area contributed by atoms with Gasteiger partial charge in [-0.2, -0.15) is 0 Å². The molecule has 0 aromatic carbocycles. The van der Waals surface area contributed by atoms with Gasteiger partial charge in [-0.05, 0) is 45.7 Å². The van der Waals surface area contributed by atoms with Crippen molar-refractivity contribution in [2.75, 3.05) is 20.6 Å². The molecule has 0 aromatic heterocycles. The molecule has 3 unspecified atom stereocenters. The summed E-state index contributed by atoms with van der Waals surface area (Å²) in [5.41, 5.74) is 6.16. The summed E-state index contributed by atoms with van der Waals surface area (Å²) < 4.78 is 0. The van der Waals surface area contributed by atoms with Crippen LogP contribution in [0.3, 0.4) is 0 Å². The van der Waals surface area contributed by atoms with E-state index in [2.05, 4.69) is 37.7 Å². The summed E-state index contributed by atoms with van der Waals surface area (Å²) in [6.07, 6.45) is 5.17. The van der Waals surface area contributed by atoms with Crippen LogP contribution in [0.4, 0.5) is 0 Å². The van der Waals surface area contributed by atoms with Crippen molar-refractivity contribution >= 4 is 0 Å².